The molecule has 0 atom stereocenters. The molecule has 146 valence electrons. The fourth-order valence-corrected chi connectivity index (χ4v) is 2.49. The third-order valence-corrected chi connectivity index (χ3v) is 3.62. The van der Waals surface area contributed by atoms with Gasteiger partial charge in [0.05, 0.1) is 5.69 Å². The van der Waals surface area contributed by atoms with Gasteiger partial charge in [-0.2, -0.15) is 0 Å². The number of rotatable bonds is 5. The molecule has 0 aliphatic rings. The van der Waals surface area contributed by atoms with Crippen LogP contribution >= 0.6 is 0 Å². The predicted molar refractivity (Wildman–Crippen MR) is 103 cm³/mol. The van der Waals surface area contributed by atoms with Gasteiger partial charge in [-0.1, -0.05) is 18.2 Å². The minimum atomic E-state index is -0.910. The molecule has 2 aromatic heterocycles. The lowest BCUT2D eigenvalue weighted by Crippen LogP contribution is -2.25. The first-order valence-corrected chi connectivity index (χ1v) is 8.64. The summed E-state index contributed by atoms with van der Waals surface area (Å²) < 4.78 is 14.9. The summed E-state index contributed by atoms with van der Waals surface area (Å²) in [5, 5.41) is 4.02. The Balaban J connectivity index is 1.75. The zero-order chi connectivity index (χ0) is 20.1. The molecule has 0 radical (unpaired) electrons. The number of hydrogen-bond acceptors (Lipinski definition) is 7. The van der Waals surface area contributed by atoms with Gasteiger partial charge in [0.2, 0.25) is 6.79 Å². The maximum atomic E-state index is 12.6. The Morgan fingerprint density at radius 1 is 1.07 bits per heavy atom. The number of hydrogen-bond donors (Lipinski definition) is 2. The maximum absolute atomic E-state index is 12.6. The molecule has 0 saturated heterocycles. The molecular weight excluding hydrogens is 362 g/mol. The van der Waals surface area contributed by atoms with E-state index in [4.69, 9.17) is 14.2 Å². The monoisotopic (exact) mass is 383 g/mol. The number of fused-ring (bicyclic) bond motifs is 1. The lowest BCUT2D eigenvalue weighted by atomic mass is 10.2. The number of nitrogens with zero attached hydrogens (tertiary/aromatic N) is 1. The Bertz CT molecular complexity index is 976. The Hall–Kier alpha value is -3.55. The van der Waals surface area contributed by atoms with Crippen LogP contribution in [0.25, 0.3) is 10.9 Å². The topological polar surface area (TPSA) is 103 Å². The fourth-order valence-electron chi connectivity index (χ4n) is 2.49. The smallest absolute Gasteiger partial charge is 0.428 e. The molecule has 0 unspecified atom stereocenters. The number of H-pyrrole nitrogens is 1. The first kappa shape index (κ1) is 19.2. The number of pyridine rings is 1. The van der Waals surface area contributed by atoms with E-state index in [2.05, 4.69) is 15.3 Å². The number of ether oxygens (including phenoxy) is 3. The third-order valence-electron chi connectivity index (χ3n) is 3.62. The van der Waals surface area contributed by atoms with Crippen LogP contribution in [0.2, 0.25) is 0 Å². The highest BCUT2D eigenvalue weighted by molar-refractivity contribution is 6.07. The number of nitrogens with one attached hydrogen (secondary N) is 2. The maximum Gasteiger partial charge on any atom is 0.511 e. The molecule has 0 amide bonds. The highest BCUT2D eigenvalue weighted by atomic mass is 16.8. The van der Waals surface area contributed by atoms with Crippen molar-refractivity contribution in [2.45, 2.75) is 26.4 Å². The number of aromatic amines is 1. The number of carbonyl (C=O) groups is 2. The molecule has 1 aromatic carbocycles. The van der Waals surface area contributed by atoms with Gasteiger partial charge >= 0.3 is 12.1 Å². The van der Waals surface area contributed by atoms with E-state index in [9.17, 15) is 9.59 Å². The molecule has 2 heterocycles. The van der Waals surface area contributed by atoms with Crippen molar-refractivity contribution in [2.24, 2.45) is 0 Å². The second kappa shape index (κ2) is 7.99. The van der Waals surface area contributed by atoms with Crippen molar-refractivity contribution in [1.29, 1.82) is 0 Å². The van der Waals surface area contributed by atoms with Gasteiger partial charge in [-0.25, -0.2) is 9.59 Å². The van der Waals surface area contributed by atoms with Crippen LogP contribution in [-0.4, -0.2) is 34.5 Å². The molecule has 2 N–H and O–H groups in total. The van der Waals surface area contributed by atoms with Crippen LogP contribution in [0.3, 0.4) is 0 Å². The summed E-state index contributed by atoms with van der Waals surface area (Å²) in [7, 11) is 0. The minimum absolute atomic E-state index is 0.214. The van der Waals surface area contributed by atoms with E-state index in [1.165, 1.54) is 0 Å². The van der Waals surface area contributed by atoms with Gasteiger partial charge in [0.15, 0.2) is 0 Å². The number of para-hydroxylation sites is 1. The summed E-state index contributed by atoms with van der Waals surface area (Å²) in [6.45, 7) is 4.57. The lowest BCUT2D eigenvalue weighted by molar-refractivity contribution is -0.0525. The van der Waals surface area contributed by atoms with E-state index in [-0.39, 0.29) is 5.69 Å². The van der Waals surface area contributed by atoms with E-state index in [0.29, 0.717) is 5.69 Å². The molecule has 0 saturated carbocycles. The molecule has 3 aromatic rings. The van der Waals surface area contributed by atoms with E-state index in [0.717, 1.165) is 16.6 Å². The van der Waals surface area contributed by atoms with Crippen LogP contribution in [0.15, 0.2) is 48.8 Å². The summed E-state index contributed by atoms with van der Waals surface area (Å²) in [5.74, 6) is -0.670. The molecule has 0 aliphatic carbocycles. The Morgan fingerprint density at radius 2 is 1.79 bits per heavy atom. The van der Waals surface area contributed by atoms with Gasteiger partial charge in [-0.05, 0) is 39.0 Å². The number of benzene rings is 1. The average molecular weight is 383 g/mol. The Kier molecular flexibility index (Phi) is 5.49. The lowest BCUT2D eigenvalue weighted by Gasteiger charge is -2.18. The number of esters is 1. The van der Waals surface area contributed by atoms with Gasteiger partial charge in [-0.15, -0.1) is 0 Å². The highest BCUT2D eigenvalue weighted by Crippen LogP contribution is 2.30. The standard InChI is InChI=1S/C20H21N3O5/c1-20(2,3)28-19(25)27-12-26-18(24)17-16(22-13-8-10-21-11-9-13)14-6-4-5-7-15(14)23-17/h4-11,23H,12H2,1-3H3,(H,21,22). The molecule has 28 heavy (non-hydrogen) atoms. The molecule has 0 spiro atoms. The summed E-state index contributed by atoms with van der Waals surface area (Å²) in [6.07, 6.45) is 2.38. The van der Waals surface area contributed by atoms with Crippen LogP contribution in [0, 0.1) is 0 Å². The fraction of sp³-hybridized carbons (Fsp3) is 0.250. The van der Waals surface area contributed by atoms with E-state index >= 15 is 0 Å². The molecular formula is C20H21N3O5. The first-order valence-electron chi connectivity index (χ1n) is 8.64. The van der Waals surface area contributed by atoms with Crippen molar-refractivity contribution in [3.05, 3.63) is 54.5 Å². The van der Waals surface area contributed by atoms with Gasteiger partial charge in [0.1, 0.15) is 11.3 Å². The minimum Gasteiger partial charge on any atom is -0.428 e. The van der Waals surface area contributed by atoms with E-state index < -0.39 is 24.5 Å². The van der Waals surface area contributed by atoms with Gasteiger partial charge in [0.25, 0.3) is 0 Å². The summed E-state index contributed by atoms with van der Waals surface area (Å²) >= 11 is 0. The van der Waals surface area contributed by atoms with Crippen LogP contribution in [0.5, 0.6) is 0 Å². The third kappa shape index (κ3) is 4.79. The average Bonchev–Trinajstić information content (AvgIpc) is 3.00. The summed E-state index contributed by atoms with van der Waals surface area (Å²) in [4.78, 5) is 31.1. The number of aromatic nitrogens is 2. The molecule has 8 nitrogen and oxygen atoms in total. The quantitative estimate of drug-likeness (QED) is 0.498. The van der Waals surface area contributed by atoms with Crippen LogP contribution < -0.4 is 5.32 Å². The van der Waals surface area contributed by atoms with Crippen molar-refractivity contribution in [2.75, 3.05) is 12.1 Å². The molecule has 0 aliphatic heterocycles. The largest absolute Gasteiger partial charge is 0.511 e. The van der Waals surface area contributed by atoms with Crippen LogP contribution in [-0.2, 0) is 14.2 Å². The van der Waals surface area contributed by atoms with Crippen molar-refractivity contribution in [1.82, 2.24) is 9.97 Å². The Labute approximate surface area is 161 Å². The van der Waals surface area contributed by atoms with Crippen molar-refractivity contribution < 1.29 is 23.8 Å². The molecule has 0 bridgehead atoms. The molecule has 8 heteroatoms. The zero-order valence-corrected chi connectivity index (χ0v) is 15.8. The van der Waals surface area contributed by atoms with Gasteiger partial charge in [0, 0.05) is 29.0 Å². The van der Waals surface area contributed by atoms with Crippen molar-refractivity contribution in [3.63, 3.8) is 0 Å². The normalized spacial score (nSPS) is 11.1. The van der Waals surface area contributed by atoms with Crippen molar-refractivity contribution in [3.8, 4) is 0 Å². The van der Waals surface area contributed by atoms with Crippen LogP contribution in [0.4, 0.5) is 16.2 Å². The Morgan fingerprint density at radius 3 is 2.50 bits per heavy atom. The van der Waals surface area contributed by atoms with E-state index in [1.54, 1.807) is 45.3 Å². The first-order chi connectivity index (χ1) is 13.3. The SMILES string of the molecule is CC(C)(C)OC(=O)OCOC(=O)c1[nH]c2ccccc2c1Nc1ccncc1. The summed E-state index contributed by atoms with van der Waals surface area (Å²) in [5.41, 5.74) is 1.60. The van der Waals surface area contributed by atoms with E-state index in [1.807, 2.05) is 24.3 Å². The molecule has 3 rings (SSSR count). The predicted octanol–water partition coefficient (Wildman–Crippen LogP) is 4.37. The number of anilines is 2. The second-order valence-electron chi connectivity index (χ2n) is 6.94. The second-order valence-corrected chi connectivity index (χ2v) is 6.94. The van der Waals surface area contributed by atoms with Gasteiger partial charge < -0.3 is 24.5 Å². The summed E-state index contributed by atoms with van der Waals surface area (Å²) in [6, 6.07) is 11.0. The zero-order valence-electron chi connectivity index (χ0n) is 15.8. The molecule has 0 fully saturated rings. The number of carbonyl (C=O) groups excluding carboxylic acids is 2. The van der Waals surface area contributed by atoms with Crippen LogP contribution in [0.1, 0.15) is 31.3 Å². The highest BCUT2D eigenvalue weighted by Gasteiger charge is 2.21. The van der Waals surface area contributed by atoms with Gasteiger partial charge in [-0.3, -0.25) is 4.98 Å². The van der Waals surface area contributed by atoms with Crippen molar-refractivity contribution >= 4 is 34.4 Å².